The van der Waals surface area contributed by atoms with Crippen molar-refractivity contribution in [2.75, 3.05) is 13.6 Å². The van der Waals surface area contributed by atoms with E-state index in [1.54, 1.807) is 40.5 Å². The number of thiophene rings is 1. The van der Waals surface area contributed by atoms with Crippen LogP contribution in [-0.4, -0.2) is 35.5 Å². The summed E-state index contributed by atoms with van der Waals surface area (Å²) in [6.07, 6.45) is 1.95. The predicted octanol–water partition coefficient (Wildman–Crippen LogP) is 3.08. The maximum Gasteiger partial charge on any atom is 0.335 e. The van der Waals surface area contributed by atoms with E-state index in [9.17, 15) is 9.59 Å². The molecule has 5 heteroatoms. The Balaban J connectivity index is 1.77. The van der Waals surface area contributed by atoms with E-state index in [2.05, 4.69) is 6.07 Å². The van der Waals surface area contributed by atoms with E-state index in [0.29, 0.717) is 12.8 Å². The van der Waals surface area contributed by atoms with Crippen LogP contribution in [0.3, 0.4) is 0 Å². The van der Waals surface area contributed by atoms with Crippen LogP contribution in [0.15, 0.2) is 41.8 Å². The topological polar surface area (TPSA) is 57.6 Å². The molecule has 1 heterocycles. The summed E-state index contributed by atoms with van der Waals surface area (Å²) in [6, 6.07) is 10.8. The summed E-state index contributed by atoms with van der Waals surface area (Å²) >= 11 is 1.70. The molecule has 116 valence electrons. The Bertz CT molecular complexity index is 620. The first-order chi connectivity index (χ1) is 10.6. The van der Waals surface area contributed by atoms with Crippen molar-refractivity contribution in [3.8, 4) is 0 Å². The number of aromatic carboxylic acids is 1. The number of hydrogen-bond donors (Lipinski definition) is 1. The highest BCUT2D eigenvalue weighted by atomic mass is 32.1. The van der Waals surface area contributed by atoms with Crippen LogP contribution in [0.4, 0.5) is 0 Å². The van der Waals surface area contributed by atoms with Gasteiger partial charge in [-0.25, -0.2) is 4.79 Å². The Labute approximate surface area is 134 Å². The molecule has 4 nitrogen and oxygen atoms in total. The third-order valence-corrected chi connectivity index (χ3v) is 4.46. The minimum absolute atomic E-state index is 0.110. The van der Waals surface area contributed by atoms with Crippen LogP contribution in [0.2, 0.25) is 0 Å². The molecule has 1 N–H and O–H groups in total. The van der Waals surface area contributed by atoms with Gasteiger partial charge in [0.2, 0.25) is 5.91 Å². The molecular formula is C17H19NO3S. The van der Waals surface area contributed by atoms with E-state index in [-0.39, 0.29) is 11.5 Å². The zero-order chi connectivity index (χ0) is 15.9. The molecule has 2 rings (SSSR count). The number of hydrogen-bond acceptors (Lipinski definition) is 3. The number of carbonyl (C=O) groups is 2. The molecule has 0 atom stereocenters. The highest BCUT2D eigenvalue weighted by Gasteiger charge is 2.09. The van der Waals surface area contributed by atoms with Crippen LogP contribution in [0.25, 0.3) is 0 Å². The average molecular weight is 317 g/mol. The number of nitrogens with zero attached hydrogens (tertiary/aromatic N) is 1. The molecule has 0 saturated heterocycles. The molecule has 0 aliphatic carbocycles. The van der Waals surface area contributed by atoms with Crippen molar-refractivity contribution in [2.24, 2.45) is 0 Å². The Morgan fingerprint density at radius 1 is 1.14 bits per heavy atom. The van der Waals surface area contributed by atoms with Gasteiger partial charge in [-0.1, -0.05) is 18.2 Å². The number of aryl methyl sites for hydroxylation is 1. The van der Waals surface area contributed by atoms with Gasteiger partial charge < -0.3 is 10.0 Å². The maximum atomic E-state index is 12.1. The summed E-state index contributed by atoms with van der Waals surface area (Å²) in [4.78, 5) is 25.9. The summed E-state index contributed by atoms with van der Waals surface area (Å²) in [5.41, 5.74) is 1.24. The van der Waals surface area contributed by atoms with Crippen LogP contribution in [0, 0.1) is 0 Å². The van der Waals surface area contributed by atoms with Gasteiger partial charge in [-0.3, -0.25) is 4.79 Å². The average Bonchev–Trinajstić information content (AvgIpc) is 3.04. The molecule has 0 unspecified atom stereocenters. The summed E-state index contributed by atoms with van der Waals surface area (Å²) < 4.78 is 0. The number of amides is 1. The van der Waals surface area contributed by atoms with Gasteiger partial charge in [-0.2, -0.15) is 0 Å². The monoisotopic (exact) mass is 317 g/mol. The largest absolute Gasteiger partial charge is 0.478 e. The second-order valence-electron chi connectivity index (χ2n) is 5.15. The predicted molar refractivity (Wildman–Crippen MR) is 87.4 cm³/mol. The van der Waals surface area contributed by atoms with Gasteiger partial charge in [0.05, 0.1) is 5.56 Å². The van der Waals surface area contributed by atoms with Crippen molar-refractivity contribution in [3.05, 3.63) is 57.8 Å². The van der Waals surface area contributed by atoms with Crippen molar-refractivity contribution >= 4 is 23.2 Å². The third-order valence-electron chi connectivity index (χ3n) is 3.53. The first kappa shape index (κ1) is 16.2. The van der Waals surface area contributed by atoms with E-state index in [1.807, 2.05) is 18.5 Å². The second kappa shape index (κ2) is 7.75. The van der Waals surface area contributed by atoms with Crippen molar-refractivity contribution in [1.29, 1.82) is 0 Å². The van der Waals surface area contributed by atoms with E-state index < -0.39 is 5.97 Å². The Morgan fingerprint density at radius 3 is 2.45 bits per heavy atom. The molecule has 0 bridgehead atoms. The minimum Gasteiger partial charge on any atom is -0.478 e. The lowest BCUT2D eigenvalue weighted by atomic mass is 10.1. The fourth-order valence-corrected chi connectivity index (χ4v) is 2.81. The molecule has 0 radical (unpaired) electrons. The van der Waals surface area contributed by atoms with Crippen LogP contribution >= 0.6 is 11.3 Å². The smallest absolute Gasteiger partial charge is 0.335 e. The van der Waals surface area contributed by atoms with Gasteiger partial charge in [0.15, 0.2) is 0 Å². The van der Waals surface area contributed by atoms with Gasteiger partial charge in [-0.15, -0.1) is 11.3 Å². The van der Waals surface area contributed by atoms with E-state index >= 15 is 0 Å². The van der Waals surface area contributed by atoms with Gasteiger partial charge >= 0.3 is 5.97 Å². The molecule has 1 aromatic heterocycles. The zero-order valence-electron chi connectivity index (χ0n) is 12.5. The van der Waals surface area contributed by atoms with E-state index in [4.69, 9.17) is 5.11 Å². The highest BCUT2D eigenvalue weighted by Crippen LogP contribution is 2.11. The number of benzene rings is 1. The highest BCUT2D eigenvalue weighted by molar-refractivity contribution is 7.09. The SMILES string of the molecule is CN(CCc1cccs1)C(=O)CCc1ccc(C(=O)O)cc1. The lowest BCUT2D eigenvalue weighted by Gasteiger charge is -2.16. The van der Waals surface area contributed by atoms with Crippen molar-refractivity contribution < 1.29 is 14.7 Å². The fourth-order valence-electron chi connectivity index (χ4n) is 2.11. The Kier molecular flexibility index (Phi) is 5.72. The summed E-state index contributed by atoms with van der Waals surface area (Å²) in [5, 5.41) is 10.9. The molecule has 0 aliphatic heterocycles. The number of carboxylic acid groups (broad SMARTS) is 1. The third kappa shape index (κ3) is 4.70. The van der Waals surface area contributed by atoms with Crippen molar-refractivity contribution in [1.82, 2.24) is 4.90 Å². The summed E-state index contributed by atoms with van der Waals surface area (Å²) in [7, 11) is 1.82. The van der Waals surface area contributed by atoms with Crippen molar-refractivity contribution in [3.63, 3.8) is 0 Å². The molecule has 0 saturated carbocycles. The minimum atomic E-state index is -0.934. The second-order valence-corrected chi connectivity index (χ2v) is 6.18. The first-order valence-corrected chi connectivity index (χ1v) is 8.03. The maximum absolute atomic E-state index is 12.1. The van der Waals surface area contributed by atoms with Gasteiger partial charge in [0.1, 0.15) is 0 Å². The lowest BCUT2D eigenvalue weighted by Crippen LogP contribution is -2.28. The fraction of sp³-hybridized carbons (Fsp3) is 0.294. The molecule has 1 aromatic carbocycles. The summed E-state index contributed by atoms with van der Waals surface area (Å²) in [5.74, 6) is -0.824. The van der Waals surface area contributed by atoms with Crippen LogP contribution in [0.1, 0.15) is 27.2 Å². The van der Waals surface area contributed by atoms with Gasteiger partial charge in [0.25, 0.3) is 0 Å². The standard InChI is InChI=1S/C17H19NO3S/c1-18(11-10-15-3-2-12-22-15)16(19)9-6-13-4-7-14(8-5-13)17(20)21/h2-5,7-8,12H,6,9-11H2,1H3,(H,20,21). The van der Waals surface area contributed by atoms with Crippen molar-refractivity contribution in [2.45, 2.75) is 19.3 Å². The van der Waals surface area contributed by atoms with Gasteiger partial charge in [0, 0.05) is 24.9 Å². The van der Waals surface area contributed by atoms with E-state index in [1.165, 1.54) is 4.88 Å². The molecule has 2 aromatic rings. The van der Waals surface area contributed by atoms with Crippen LogP contribution in [0.5, 0.6) is 0 Å². The van der Waals surface area contributed by atoms with Crippen LogP contribution < -0.4 is 0 Å². The van der Waals surface area contributed by atoms with Crippen LogP contribution in [-0.2, 0) is 17.6 Å². The number of carboxylic acids is 1. The molecule has 0 spiro atoms. The zero-order valence-corrected chi connectivity index (χ0v) is 13.3. The lowest BCUT2D eigenvalue weighted by molar-refractivity contribution is -0.129. The number of likely N-dealkylation sites (N-methyl/N-ethyl adjacent to an activating group) is 1. The molecular weight excluding hydrogens is 298 g/mol. The first-order valence-electron chi connectivity index (χ1n) is 7.15. The summed E-state index contributed by atoms with van der Waals surface area (Å²) in [6.45, 7) is 0.720. The normalized spacial score (nSPS) is 10.4. The quantitative estimate of drug-likeness (QED) is 0.854. The molecule has 0 aliphatic rings. The van der Waals surface area contributed by atoms with E-state index in [0.717, 1.165) is 18.5 Å². The van der Waals surface area contributed by atoms with Gasteiger partial charge in [-0.05, 0) is 42.0 Å². The molecule has 22 heavy (non-hydrogen) atoms. The molecule has 1 amide bonds. The number of rotatable bonds is 7. The number of carbonyl (C=O) groups excluding carboxylic acids is 1. The Morgan fingerprint density at radius 2 is 1.86 bits per heavy atom. The molecule has 0 fully saturated rings. The Hall–Kier alpha value is -2.14.